The molecular weight excluding hydrogens is 368 g/mol. The molecule has 2 saturated heterocycles. The second kappa shape index (κ2) is 7.85. The fraction of sp³-hybridized carbons (Fsp3) is 0.524. The van der Waals surface area contributed by atoms with E-state index >= 15 is 0 Å². The summed E-state index contributed by atoms with van der Waals surface area (Å²) in [5.74, 6) is 0.766. The van der Waals surface area contributed by atoms with E-state index in [-0.39, 0.29) is 17.2 Å². The van der Waals surface area contributed by atoms with Crippen LogP contribution in [-0.2, 0) is 11.3 Å². The van der Waals surface area contributed by atoms with E-state index in [4.69, 9.17) is 0 Å². The van der Waals surface area contributed by atoms with Gasteiger partial charge in [0, 0.05) is 50.1 Å². The average Bonchev–Trinajstić information content (AvgIpc) is 2.73. The van der Waals surface area contributed by atoms with Gasteiger partial charge in [-0.05, 0) is 33.1 Å². The Morgan fingerprint density at radius 2 is 1.83 bits per heavy atom. The number of hydrogen-bond acceptors (Lipinski definition) is 6. The second-order valence-corrected chi connectivity index (χ2v) is 8.25. The van der Waals surface area contributed by atoms with Crippen molar-refractivity contribution in [1.82, 2.24) is 29.7 Å². The Balaban J connectivity index is 1.47. The molecule has 29 heavy (non-hydrogen) atoms. The number of aryl methyl sites for hydroxylation is 2. The Morgan fingerprint density at radius 1 is 1.03 bits per heavy atom. The van der Waals surface area contributed by atoms with Crippen molar-refractivity contribution in [3.05, 3.63) is 47.6 Å². The predicted molar refractivity (Wildman–Crippen MR) is 106 cm³/mol. The number of nitrogens with zero attached hydrogens (tertiary/aromatic N) is 6. The molecule has 0 N–H and O–H groups in total. The van der Waals surface area contributed by atoms with Gasteiger partial charge in [-0.1, -0.05) is 0 Å². The van der Waals surface area contributed by atoms with Crippen LogP contribution in [0, 0.1) is 19.3 Å². The van der Waals surface area contributed by atoms with Gasteiger partial charge in [0.15, 0.2) is 0 Å². The van der Waals surface area contributed by atoms with Crippen LogP contribution < -0.4 is 0 Å². The summed E-state index contributed by atoms with van der Waals surface area (Å²) in [5, 5.41) is 0. The van der Waals surface area contributed by atoms with E-state index < -0.39 is 0 Å². The van der Waals surface area contributed by atoms with E-state index in [0.29, 0.717) is 37.4 Å². The van der Waals surface area contributed by atoms with E-state index in [9.17, 15) is 9.59 Å². The zero-order valence-corrected chi connectivity index (χ0v) is 17.0. The molecule has 2 amide bonds. The van der Waals surface area contributed by atoms with Crippen LogP contribution in [0.2, 0.25) is 0 Å². The molecule has 2 aliphatic rings. The van der Waals surface area contributed by atoms with Gasteiger partial charge in [0.25, 0.3) is 5.91 Å². The lowest BCUT2D eigenvalue weighted by molar-refractivity contribution is -0.139. The maximum Gasteiger partial charge on any atom is 0.257 e. The van der Waals surface area contributed by atoms with Crippen molar-refractivity contribution in [3.63, 3.8) is 0 Å². The molecule has 152 valence electrons. The van der Waals surface area contributed by atoms with Gasteiger partial charge in [-0.25, -0.2) is 9.97 Å². The predicted octanol–water partition coefficient (Wildman–Crippen LogP) is 1.93. The van der Waals surface area contributed by atoms with E-state index in [1.165, 1.54) is 0 Å². The fourth-order valence-electron chi connectivity index (χ4n) is 4.34. The molecule has 2 aromatic heterocycles. The number of likely N-dealkylation sites (tertiary alicyclic amines) is 2. The van der Waals surface area contributed by atoms with Crippen LogP contribution in [0.4, 0.5) is 0 Å². The highest BCUT2D eigenvalue weighted by Gasteiger charge is 2.43. The van der Waals surface area contributed by atoms with Gasteiger partial charge in [0.2, 0.25) is 5.91 Å². The summed E-state index contributed by atoms with van der Waals surface area (Å²) < 4.78 is 0. The van der Waals surface area contributed by atoms with Crippen molar-refractivity contribution in [2.75, 3.05) is 19.6 Å². The Kier molecular flexibility index (Phi) is 5.25. The molecule has 1 spiro atoms. The summed E-state index contributed by atoms with van der Waals surface area (Å²) in [6, 6.07) is 0. The standard InChI is InChI=1S/C21H26N6O2/c1-15-8-25-18(11-22-15)12-27-14-21(6-4-19(27)28)5-3-7-26(13-21)20(29)17-9-23-16(2)24-10-17/h8-11H,3-7,12-14H2,1-2H3. The van der Waals surface area contributed by atoms with Crippen molar-refractivity contribution in [2.45, 2.75) is 46.1 Å². The van der Waals surface area contributed by atoms with Gasteiger partial charge in [-0.15, -0.1) is 0 Å². The largest absolute Gasteiger partial charge is 0.338 e. The molecule has 8 nitrogen and oxygen atoms in total. The summed E-state index contributed by atoms with van der Waals surface area (Å²) in [5.41, 5.74) is 2.11. The van der Waals surface area contributed by atoms with Crippen LogP contribution in [-0.4, -0.2) is 61.2 Å². The van der Waals surface area contributed by atoms with E-state index in [0.717, 1.165) is 37.2 Å². The van der Waals surface area contributed by atoms with Crippen molar-refractivity contribution in [2.24, 2.45) is 5.41 Å². The molecule has 8 heteroatoms. The number of carbonyl (C=O) groups excluding carboxylic acids is 2. The summed E-state index contributed by atoms with van der Waals surface area (Å²) in [4.78, 5) is 46.3. The molecule has 2 fully saturated rings. The summed E-state index contributed by atoms with van der Waals surface area (Å²) in [6.07, 6.45) is 9.93. The summed E-state index contributed by atoms with van der Waals surface area (Å²) in [6.45, 7) is 6.19. The lowest BCUT2D eigenvalue weighted by Crippen LogP contribution is -2.54. The van der Waals surface area contributed by atoms with Crippen LogP contribution >= 0.6 is 0 Å². The Morgan fingerprint density at radius 3 is 2.55 bits per heavy atom. The maximum atomic E-state index is 13.0. The topological polar surface area (TPSA) is 92.2 Å². The number of aromatic nitrogens is 4. The first-order chi connectivity index (χ1) is 13.9. The van der Waals surface area contributed by atoms with Gasteiger partial charge >= 0.3 is 0 Å². The Labute approximate surface area is 170 Å². The third-order valence-corrected chi connectivity index (χ3v) is 5.91. The first-order valence-corrected chi connectivity index (χ1v) is 10.1. The zero-order chi connectivity index (χ0) is 20.4. The molecule has 0 saturated carbocycles. The molecule has 4 rings (SSSR count). The highest BCUT2D eigenvalue weighted by molar-refractivity contribution is 5.93. The minimum absolute atomic E-state index is 0.0306. The third-order valence-electron chi connectivity index (χ3n) is 5.91. The van der Waals surface area contributed by atoms with Crippen molar-refractivity contribution >= 4 is 11.8 Å². The first kappa shape index (κ1) is 19.4. The highest BCUT2D eigenvalue weighted by Crippen LogP contribution is 2.39. The third kappa shape index (κ3) is 4.26. The van der Waals surface area contributed by atoms with Crippen molar-refractivity contribution in [3.8, 4) is 0 Å². The van der Waals surface area contributed by atoms with Gasteiger partial charge in [0.1, 0.15) is 5.82 Å². The van der Waals surface area contributed by atoms with Gasteiger partial charge < -0.3 is 9.80 Å². The lowest BCUT2D eigenvalue weighted by Gasteiger charge is -2.48. The normalized spacial score (nSPS) is 22.2. The number of rotatable bonds is 3. The van der Waals surface area contributed by atoms with Crippen LogP contribution in [0.3, 0.4) is 0 Å². The molecule has 4 heterocycles. The van der Waals surface area contributed by atoms with Crippen LogP contribution in [0.1, 0.15) is 53.3 Å². The van der Waals surface area contributed by atoms with Gasteiger partial charge in [0.05, 0.1) is 29.7 Å². The summed E-state index contributed by atoms with van der Waals surface area (Å²) in [7, 11) is 0. The number of amides is 2. The van der Waals surface area contributed by atoms with Gasteiger partial charge in [-0.3, -0.25) is 19.6 Å². The quantitative estimate of drug-likeness (QED) is 0.790. The van der Waals surface area contributed by atoms with E-state index in [2.05, 4.69) is 19.9 Å². The number of piperidine rings is 2. The van der Waals surface area contributed by atoms with Crippen LogP contribution in [0.5, 0.6) is 0 Å². The Hall–Kier alpha value is -2.90. The van der Waals surface area contributed by atoms with E-state index in [1.54, 1.807) is 31.7 Å². The molecule has 0 radical (unpaired) electrons. The fourth-order valence-corrected chi connectivity index (χ4v) is 4.34. The second-order valence-electron chi connectivity index (χ2n) is 8.25. The molecule has 2 aromatic rings. The molecule has 1 unspecified atom stereocenters. The monoisotopic (exact) mass is 394 g/mol. The minimum atomic E-state index is -0.0640. The number of hydrogen-bond donors (Lipinski definition) is 0. The molecule has 0 bridgehead atoms. The van der Waals surface area contributed by atoms with E-state index in [1.807, 2.05) is 16.7 Å². The maximum absolute atomic E-state index is 13.0. The zero-order valence-electron chi connectivity index (χ0n) is 17.0. The Bertz CT molecular complexity index is 892. The summed E-state index contributed by atoms with van der Waals surface area (Å²) >= 11 is 0. The average molecular weight is 394 g/mol. The SMILES string of the molecule is Cc1cnc(CN2CC3(CCCN(C(=O)c4cnc(C)nc4)C3)CCC2=O)cn1. The first-order valence-electron chi connectivity index (χ1n) is 10.1. The number of carbonyl (C=O) groups is 2. The highest BCUT2D eigenvalue weighted by atomic mass is 16.2. The van der Waals surface area contributed by atoms with Crippen molar-refractivity contribution < 1.29 is 9.59 Å². The van der Waals surface area contributed by atoms with Crippen LogP contribution in [0.15, 0.2) is 24.8 Å². The van der Waals surface area contributed by atoms with Crippen LogP contribution in [0.25, 0.3) is 0 Å². The molecule has 0 aromatic carbocycles. The van der Waals surface area contributed by atoms with Crippen molar-refractivity contribution in [1.29, 1.82) is 0 Å². The lowest BCUT2D eigenvalue weighted by atomic mass is 9.73. The smallest absolute Gasteiger partial charge is 0.257 e. The molecule has 2 aliphatic heterocycles. The minimum Gasteiger partial charge on any atom is -0.338 e. The van der Waals surface area contributed by atoms with Gasteiger partial charge in [-0.2, -0.15) is 0 Å². The molecule has 0 aliphatic carbocycles. The molecular formula is C21H26N6O2. The molecule has 1 atom stereocenters.